The van der Waals surface area contributed by atoms with Crippen LogP contribution in [-0.2, 0) is 0 Å². The number of allylic oxidation sites excluding steroid dienone is 4. The molecule has 0 aliphatic carbocycles. The maximum Gasteiger partial charge on any atom is 0.164 e. The van der Waals surface area contributed by atoms with Crippen LogP contribution in [0.4, 0.5) is 0 Å². The number of nitrogens with zero attached hydrogens (tertiary/aromatic N) is 4. The minimum absolute atomic E-state index is 0.210. The fourth-order valence-corrected chi connectivity index (χ4v) is 10.6. The summed E-state index contributed by atoms with van der Waals surface area (Å²) < 4.78 is 9.19. The van der Waals surface area contributed by atoms with E-state index in [4.69, 9.17) is 19.4 Å². The van der Waals surface area contributed by atoms with Crippen LogP contribution >= 0.6 is 11.8 Å². The van der Waals surface area contributed by atoms with Gasteiger partial charge < -0.3 is 8.98 Å². The Kier molecular flexibility index (Phi) is 9.20. The maximum absolute atomic E-state index is 6.74. The summed E-state index contributed by atoms with van der Waals surface area (Å²) in [5, 5.41) is 4.52. The Hall–Kier alpha value is -7.80. The van der Waals surface area contributed by atoms with Crippen molar-refractivity contribution >= 4 is 55.5 Å². The van der Waals surface area contributed by atoms with Crippen LogP contribution in [0.5, 0.6) is 0 Å². The number of hydrogen-bond donors (Lipinski definition) is 0. The fraction of sp³-hybridized carbons (Fsp3) is 0.0517. The highest BCUT2D eigenvalue weighted by atomic mass is 32.2. The largest absolute Gasteiger partial charge is 0.455 e. The molecule has 1 aliphatic rings. The van der Waals surface area contributed by atoms with Crippen molar-refractivity contribution in [1.29, 1.82) is 0 Å². The molecule has 0 N–H and O–H groups in total. The maximum atomic E-state index is 6.74. The second-order valence-corrected chi connectivity index (χ2v) is 17.4. The molecule has 4 heterocycles. The summed E-state index contributed by atoms with van der Waals surface area (Å²) in [4.78, 5) is 17.6. The number of benzene rings is 8. The zero-order valence-electron chi connectivity index (χ0n) is 35.2. The van der Waals surface area contributed by atoms with Gasteiger partial charge in [0.25, 0.3) is 0 Å². The molecule has 6 heteroatoms. The third kappa shape index (κ3) is 6.37. The highest BCUT2D eigenvalue weighted by Crippen LogP contribution is 2.54. The van der Waals surface area contributed by atoms with Crippen LogP contribution in [0.15, 0.2) is 214 Å². The van der Waals surface area contributed by atoms with E-state index in [-0.39, 0.29) is 5.92 Å². The fourth-order valence-electron chi connectivity index (χ4n) is 9.25. The summed E-state index contributed by atoms with van der Waals surface area (Å²) in [7, 11) is 0. The van der Waals surface area contributed by atoms with Gasteiger partial charge in [0, 0.05) is 49.3 Å². The summed E-state index contributed by atoms with van der Waals surface area (Å²) in [6.07, 6.45) is 6.52. The lowest BCUT2D eigenvalue weighted by Crippen LogP contribution is -2.00. The molecule has 3 aromatic heterocycles. The topological polar surface area (TPSA) is 56.7 Å². The SMILES string of the molecule is C/C=C\C=C1\Sc2c(-c3ccc(-c4nc(-c5ccccc5)nc(-c5ccccc5)n4)cc3)cc(-n3c4cc(-c5ccccc5)ccc4c4c5oc6ccccc6c5ccc43)cc2C1C. The number of aromatic nitrogens is 4. The predicted molar refractivity (Wildman–Crippen MR) is 266 cm³/mol. The van der Waals surface area contributed by atoms with Gasteiger partial charge >= 0.3 is 0 Å². The van der Waals surface area contributed by atoms with Gasteiger partial charge in [-0.25, -0.2) is 15.0 Å². The Morgan fingerprint density at radius 1 is 0.531 bits per heavy atom. The van der Waals surface area contributed by atoms with Crippen LogP contribution in [0.1, 0.15) is 25.3 Å². The first-order valence-corrected chi connectivity index (χ1v) is 22.5. The van der Waals surface area contributed by atoms with Crippen LogP contribution in [0.2, 0.25) is 0 Å². The minimum Gasteiger partial charge on any atom is -0.455 e. The second-order valence-electron chi connectivity index (χ2n) is 16.3. The smallest absolute Gasteiger partial charge is 0.164 e. The lowest BCUT2D eigenvalue weighted by atomic mass is 9.94. The van der Waals surface area contributed by atoms with E-state index < -0.39 is 0 Å². The van der Waals surface area contributed by atoms with Crippen molar-refractivity contribution < 1.29 is 4.42 Å². The number of furan rings is 1. The van der Waals surface area contributed by atoms with Crippen LogP contribution in [0.25, 0.3) is 106 Å². The monoisotopic (exact) mass is 840 g/mol. The van der Waals surface area contributed by atoms with Gasteiger partial charge in [-0.1, -0.05) is 183 Å². The van der Waals surface area contributed by atoms with Gasteiger partial charge in [-0.2, -0.15) is 0 Å². The van der Waals surface area contributed by atoms with Gasteiger partial charge in [0.05, 0.1) is 16.4 Å². The summed E-state index contributed by atoms with van der Waals surface area (Å²) in [5.41, 5.74) is 13.9. The number of hydrogen-bond acceptors (Lipinski definition) is 5. The van der Waals surface area contributed by atoms with E-state index in [0.717, 1.165) is 71.7 Å². The molecule has 304 valence electrons. The van der Waals surface area contributed by atoms with Crippen molar-refractivity contribution in [2.75, 3.05) is 0 Å². The second kappa shape index (κ2) is 15.5. The van der Waals surface area contributed by atoms with E-state index in [1.54, 1.807) is 0 Å². The molecule has 64 heavy (non-hydrogen) atoms. The lowest BCUT2D eigenvalue weighted by molar-refractivity contribution is 0.673. The Bertz CT molecular complexity index is 3590. The van der Waals surface area contributed by atoms with E-state index in [9.17, 15) is 0 Å². The van der Waals surface area contributed by atoms with Crippen molar-refractivity contribution in [3.05, 3.63) is 211 Å². The molecule has 1 unspecified atom stereocenters. The molecule has 11 aromatic rings. The molecular weight excluding hydrogens is 801 g/mol. The molecule has 0 saturated carbocycles. The van der Waals surface area contributed by atoms with E-state index in [1.807, 2.05) is 78.5 Å². The van der Waals surface area contributed by atoms with Crippen molar-refractivity contribution in [3.63, 3.8) is 0 Å². The van der Waals surface area contributed by atoms with E-state index in [0.29, 0.717) is 17.5 Å². The molecule has 5 nitrogen and oxygen atoms in total. The predicted octanol–water partition coefficient (Wildman–Crippen LogP) is 15.9. The quantitative estimate of drug-likeness (QED) is 0.160. The Morgan fingerprint density at radius 2 is 1.11 bits per heavy atom. The van der Waals surface area contributed by atoms with Crippen LogP contribution in [0.3, 0.4) is 0 Å². The molecule has 0 fully saturated rings. The van der Waals surface area contributed by atoms with Gasteiger partial charge in [0.1, 0.15) is 11.2 Å². The molecule has 0 saturated heterocycles. The molecule has 0 bridgehead atoms. The van der Waals surface area contributed by atoms with Gasteiger partial charge in [0.2, 0.25) is 0 Å². The molecule has 12 rings (SSSR count). The lowest BCUT2D eigenvalue weighted by Gasteiger charge is -2.16. The Balaban J connectivity index is 1.06. The average molecular weight is 841 g/mol. The van der Waals surface area contributed by atoms with Crippen LogP contribution < -0.4 is 0 Å². The highest BCUT2D eigenvalue weighted by molar-refractivity contribution is 8.03. The molecule has 0 radical (unpaired) electrons. The molecular formula is C58H40N4OS. The number of thioether (sulfide) groups is 1. The standard InChI is InChI=1S/C58H40N4OS/c1-3-4-24-52-36(2)47-34-43(62-49-32-31-45-44-22-14-15-23-51(44)63-54(45)53(49)46-30-29-42(33-50(46)62)37-16-8-5-9-17-37)35-48(55(47)64-52)38-25-27-41(28-26-38)58-60-56(39-18-10-6-11-19-39)59-57(61-58)40-20-12-7-13-21-40/h3-36H,1-2H3/b4-3-,52-24+. The normalized spacial score (nSPS) is 14.5. The summed E-state index contributed by atoms with van der Waals surface area (Å²) in [6, 6.07) is 64.2. The molecule has 0 spiro atoms. The Labute approximate surface area is 375 Å². The van der Waals surface area contributed by atoms with Gasteiger partial charge in [-0.05, 0) is 76.0 Å². The number of fused-ring (bicyclic) bond motifs is 8. The first-order chi connectivity index (χ1) is 31.6. The Morgan fingerprint density at radius 3 is 1.78 bits per heavy atom. The van der Waals surface area contributed by atoms with Crippen molar-refractivity contribution in [3.8, 4) is 62.1 Å². The van der Waals surface area contributed by atoms with Crippen molar-refractivity contribution in [2.45, 2.75) is 24.7 Å². The van der Waals surface area contributed by atoms with E-state index >= 15 is 0 Å². The number of para-hydroxylation sites is 1. The molecule has 8 aromatic carbocycles. The van der Waals surface area contributed by atoms with E-state index in [2.05, 4.69) is 152 Å². The third-order valence-corrected chi connectivity index (χ3v) is 13.8. The number of rotatable bonds is 7. The zero-order valence-corrected chi connectivity index (χ0v) is 36.1. The first kappa shape index (κ1) is 37.9. The highest BCUT2D eigenvalue weighted by Gasteiger charge is 2.29. The molecule has 1 aliphatic heterocycles. The molecule has 0 amide bonds. The minimum atomic E-state index is 0.210. The van der Waals surface area contributed by atoms with E-state index in [1.165, 1.54) is 32.1 Å². The van der Waals surface area contributed by atoms with Crippen LogP contribution in [0, 0.1) is 0 Å². The zero-order chi connectivity index (χ0) is 42.7. The van der Waals surface area contributed by atoms with Gasteiger partial charge in [-0.3, -0.25) is 0 Å². The summed E-state index contributed by atoms with van der Waals surface area (Å²) >= 11 is 1.88. The van der Waals surface area contributed by atoms with Gasteiger partial charge in [0.15, 0.2) is 17.5 Å². The van der Waals surface area contributed by atoms with Gasteiger partial charge in [-0.15, -0.1) is 0 Å². The third-order valence-electron chi connectivity index (χ3n) is 12.5. The van der Waals surface area contributed by atoms with Crippen LogP contribution in [-0.4, -0.2) is 19.5 Å². The summed E-state index contributed by atoms with van der Waals surface area (Å²) in [6.45, 7) is 4.40. The average Bonchev–Trinajstić information content (AvgIpc) is 4.02. The first-order valence-electron chi connectivity index (χ1n) is 21.7. The van der Waals surface area contributed by atoms with Crippen molar-refractivity contribution in [1.82, 2.24) is 19.5 Å². The summed E-state index contributed by atoms with van der Waals surface area (Å²) in [5.74, 6) is 2.13. The van der Waals surface area contributed by atoms with Crippen molar-refractivity contribution in [2.24, 2.45) is 0 Å². The molecule has 1 atom stereocenters.